The summed E-state index contributed by atoms with van der Waals surface area (Å²) in [6, 6.07) is 3.82. The first-order valence-corrected chi connectivity index (χ1v) is 9.44. The van der Waals surface area contributed by atoms with E-state index >= 15 is 0 Å². The molecule has 0 spiro atoms. The molecular weight excluding hydrogens is 337 g/mol. The van der Waals surface area contributed by atoms with E-state index in [-0.39, 0.29) is 18.6 Å². The summed E-state index contributed by atoms with van der Waals surface area (Å²) in [4.78, 5) is 24.1. The number of hydrogen-bond acceptors (Lipinski definition) is 3. The van der Waals surface area contributed by atoms with E-state index < -0.39 is 17.7 Å². The number of nitrogens with one attached hydrogen (secondary N) is 1. The molecule has 0 aromatic heterocycles. The average molecular weight is 363 g/mol. The van der Waals surface area contributed by atoms with Crippen LogP contribution in [0, 0.1) is 17.7 Å². The summed E-state index contributed by atoms with van der Waals surface area (Å²) >= 11 is 0. The van der Waals surface area contributed by atoms with Crippen LogP contribution in [-0.4, -0.2) is 29.6 Å². The molecule has 0 saturated heterocycles. The van der Waals surface area contributed by atoms with E-state index in [0.29, 0.717) is 36.5 Å². The molecule has 5 nitrogen and oxygen atoms in total. The van der Waals surface area contributed by atoms with Crippen molar-refractivity contribution in [2.24, 2.45) is 11.8 Å². The molecule has 26 heavy (non-hydrogen) atoms. The van der Waals surface area contributed by atoms with Crippen LogP contribution in [0.25, 0.3) is 0 Å². The van der Waals surface area contributed by atoms with Gasteiger partial charge in [0, 0.05) is 23.8 Å². The van der Waals surface area contributed by atoms with Crippen LogP contribution in [0.15, 0.2) is 18.2 Å². The van der Waals surface area contributed by atoms with E-state index in [9.17, 15) is 19.1 Å². The minimum atomic E-state index is -0.870. The summed E-state index contributed by atoms with van der Waals surface area (Å²) in [6.45, 7) is 0.767. The van der Waals surface area contributed by atoms with Gasteiger partial charge in [0.05, 0.1) is 12.5 Å². The lowest BCUT2D eigenvalue weighted by molar-refractivity contribution is -0.142. The van der Waals surface area contributed by atoms with Crippen molar-refractivity contribution in [2.75, 3.05) is 6.61 Å². The highest BCUT2D eigenvalue weighted by molar-refractivity contribution is 5.94. The molecular formula is C20H26FNO4. The molecule has 0 unspecified atom stereocenters. The maximum Gasteiger partial charge on any atom is 0.308 e. The molecule has 0 aliphatic heterocycles. The lowest BCUT2D eigenvalue weighted by Gasteiger charge is -2.23. The molecule has 0 heterocycles. The third kappa shape index (κ3) is 5.04. The Hall–Kier alpha value is -1.95. The summed E-state index contributed by atoms with van der Waals surface area (Å²) in [6.07, 6.45) is 6.30. The topological polar surface area (TPSA) is 75.6 Å². The zero-order valence-electron chi connectivity index (χ0n) is 14.9. The van der Waals surface area contributed by atoms with Crippen molar-refractivity contribution in [1.82, 2.24) is 5.32 Å². The van der Waals surface area contributed by atoms with Gasteiger partial charge in [-0.1, -0.05) is 19.3 Å². The quantitative estimate of drug-likeness (QED) is 0.727. The molecule has 2 saturated carbocycles. The van der Waals surface area contributed by atoms with Crippen LogP contribution >= 0.6 is 0 Å². The zero-order chi connectivity index (χ0) is 18.5. The van der Waals surface area contributed by atoms with Crippen molar-refractivity contribution >= 4 is 11.9 Å². The van der Waals surface area contributed by atoms with E-state index in [4.69, 9.17) is 4.74 Å². The van der Waals surface area contributed by atoms with Crippen LogP contribution in [0.1, 0.15) is 60.9 Å². The molecule has 0 radical (unpaired) electrons. The second-order valence-corrected chi connectivity index (χ2v) is 7.43. The number of carboxylic acid groups (broad SMARTS) is 1. The molecule has 6 heteroatoms. The van der Waals surface area contributed by atoms with E-state index in [1.54, 1.807) is 0 Å². The van der Waals surface area contributed by atoms with Gasteiger partial charge in [-0.15, -0.1) is 0 Å². The van der Waals surface area contributed by atoms with Gasteiger partial charge in [-0.05, 0) is 49.8 Å². The Labute approximate surface area is 152 Å². The smallest absolute Gasteiger partial charge is 0.308 e. The highest BCUT2D eigenvalue weighted by Gasteiger charge is 2.31. The lowest BCUT2D eigenvalue weighted by atomic mass is 9.94. The number of ether oxygens (including phenoxy) is 1. The minimum Gasteiger partial charge on any atom is -0.481 e. The zero-order valence-corrected chi connectivity index (χ0v) is 14.9. The molecule has 2 N–H and O–H groups in total. The normalized spacial score (nSPS) is 23.3. The molecule has 1 aromatic rings. The van der Waals surface area contributed by atoms with Crippen LogP contribution in [0.5, 0.6) is 0 Å². The van der Waals surface area contributed by atoms with Gasteiger partial charge in [0.1, 0.15) is 5.82 Å². The van der Waals surface area contributed by atoms with E-state index in [2.05, 4.69) is 5.32 Å². The number of carboxylic acids is 1. The average Bonchev–Trinajstić information content (AvgIpc) is 3.43. The summed E-state index contributed by atoms with van der Waals surface area (Å²) in [5, 5.41) is 12.3. The molecule has 2 aliphatic rings. The highest BCUT2D eigenvalue weighted by atomic mass is 19.1. The van der Waals surface area contributed by atoms with Crippen molar-refractivity contribution in [1.29, 1.82) is 0 Å². The fourth-order valence-electron chi connectivity index (χ4n) is 3.47. The number of carbonyl (C=O) groups excluding carboxylic acids is 1. The van der Waals surface area contributed by atoms with Crippen molar-refractivity contribution in [3.05, 3.63) is 35.1 Å². The Morgan fingerprint density at radius 3 is 2.65 bits per heavy atom. The largest absolute Gasteiger partial charge is 0.481 e. The number of carbonyl (C=O) groups is 2. The Morgan fingerprint density at radius 1 is 1.15 bits per heavy atom. The lowest BCUT2D eigenvalue weighted by Crippen LogP contribution is -2.42. The second kappa shape index (κ2) is 8.62. The van der Waals surface area contributed by atoms with Gasteiger partial charge in [-0.25, -0.2) is 4.39 Å². The van der Waals surface area contributed by atoms with Gasteiger partial charge in [-0.3, -0.25) is 9.59 Å². The second-order valence-electron chi connectivity index (χ2n) is 7.43. The first-order chi connectivity index (χ1) is 12.5. The van der Waals surface area contributed by atoms with Crippen molar-refractivity contribution in [3.63, 3.8) is 0 Å². The summed E-state index contributed by atoms with van der Waals surface area (Å²) in [5.74, 6) is -1.59. The first kappa shape index (κ1) is 18.8. The minimum absolute atomic E-state index is 0.143. The number of amides is 1. The van der Waals surface area contributed by atoms with Crippen molar-refractivity contribution in [2.45, 2.75) is 57.6 Å². The number of rotatable bonds is 7. The fourth-order valence-corrected chi connectivity index (χ4v) is 3.47. The summed E-state index contributed by atoms with van der Waals surface area (Å²) in [7, 11) is 0. The molecule has 142 valence electrons. The molecule has 0 bridgehead atoms. The molecule has 2 aliphatic carbocycles. The number of benzene rings is 1. The van der Waals surface area contributed by atoms with E-state index in [1.807, 2.05) is 0 Å². The van der Waals surface area contributed by atoms with Gasteiger partial charge in [0.25, 0.3) is 5.91 Å². The third-order valence-corrected chi connectivity index (χ3v) is 5.27. The number of aliphatic carboxylic acids is 1. The Balaban J connectivity index is 1.64. The Kier molecular flexibility index (Phi) is 6.25. The van der Waals surface area contributed by atoms with Gasteiger partial charge < -0.3 is 15.2 Å². The van der Waals surface area contributed by atoms with E-state index in [0.717, 1.165) is 32.1 Å². The molecule has 2 atom stereocenters. The molecule has 3 rings (SSSR count). The monoisotopic (exact) mass is 363 g/mol. The molecule has 1 amide bonds. The first-order valence-electron chi connectivity index (χ1n) is 9.44. The van der Waals surface area contributed by atoms with Crippen LogP contribution < -0.4 is 5.32 Å². The van der Waals surface area contributed by atoms with Crippen LogP contribution in [0.3, 0.4) is 0 Å². The molecule has 2 fully saturated rings. The Morgan fingerprint density at radius 2 is 1.92 bits per heavy atom. The Bertz CT molecular complexity index is 659. The number of halogens is 1. The standard InChI is InChI=1S/C20H26FNO4/c21-17-9-8-14(10-15(17)12-26-11-13-6-7-13)19(23)22-18-5-3-1-2-4-16(18)20(24)25/h8-10,13,16,18H,1-7,11-12H2,(H,22,23)(H,24,25)/t16-,18-/m0/s1. The van der Waals surface area contributed by atoms with Gasteiger partial charge in [0.2, 0.25) is 0 Å². The van der Waals surface area contributed by atoms with Gasteiger partial charge >= 0.3 is 5.97 Å². The summed E-state index contributed by atoms with van der Waals surface area (Å²) in [5.41, 5.74) is 0.693. The predicted molar refractivity (Wildman–Crippen MR) is 94.2 cm³/mol. The maximum absolute atomic E-state index is 14.0. The summed E-state index contributed by atoms with van der Waals surface area (Å²) < 4.78 is 19.5. The predicted octanol–water partition coefficient (Wildman–Crippen LogP) is 3.52. The fraction of sp³-hybridized carbons (Fsp3) is 0.600. The highest BCUT2D eigenvalue weighted by Crippen LogP contribution is 2.29. The third-order valence-electron chi connectivity index (χ3n) is 5.27. The van der Waals surface area contributed by atoms with Crippen LogP contribution in [-0.2, 0) is 16.1 Å². The van der Waals surface area contributed by atoms with Gasteiger partial charge in [-0.2, -0.15) is 0 Å². The van der Waals surface area contributed by atoms with Crippen LogP contribution in [0.2, 0.25) is 0 Å². The molecule has 1 aromatic carbocycles. The number of hydrogen-bond donors (Lipinski definition) is 2. The van der Waals surface area contributed by atoms with Crippen LogP contribution in [0.4, 0.5) is 4.39 Å². The maximum atomic E-state index is 14.0. The van der Waals surface area contributed by atoms with E-state index in [1.165, 1.54) is 18.2 Å². The van der Waals surface area contributed by atoms with Crippen molar-refractivity contribution < 1.29 is 23.8 Å². The van der Waals surface area contributed by atoms with Gasteiger partial charge in [0.15, 0.2) is 0 Å². The van der Waals surface area contributed by atoms with Crippen molar-refractivity contribution in [3.8, 4) is 0 Å². The SMILES string of the molecule is O=C(N[C@H]1CCCCC[C@@H]1C(=O)O)c1ccc(F)c(COCC2CC2)c1.